The van der Waals surface area contributed by atoms with E-state index in [1.165, 1.54) is 12.1 Å². The molecule has 0 atom stereocenters. The van der Waals surface area contributed by atoms with Crippen LogP contribution in [0.4, 0.5) is 18.9 Å². The maximum Gasteiger partial charge on any atom is 0.454 e. The van der Waals surface area contributed by atoms with Gasteiger partial charge in [0, 0.05) is 11.7 Å². The lowest BCUT2D eigenvalue weighted by Gasteiger charge is -2.10. The minimum atomic E-state index is -4.96. The van der Waals surface area contributed by atoms with Gasteiger partial charge < -0.3 is 0 Å². The minimum absolute atomic E-state index is 0.0298. The van der Waals surface area contributed by atoms with Gasteiger partial charge >= 0.3 is 6.18 Å². The number of hydrogen-bond donors (Lipinski definition) is 1. The third kappa shape index (κ3) is 2.73. The van der Waals surface area contributed by atoms with Gasteiger partial charge in [0.1, 0.15) is 0 Å². The molecule has 16 heavy (non-hydrogen) atoms. The molecule has 0 spiro atoms. The number of alkyl halides is 3. The minimum Gasteiger partial charge on any atom is -0.284 e. The lowest BCUT2D eigenvalue weighted by Crippen LogP contribution is -2.23. The molecule has 1 rings (SSSR count). The molecular weight excluding hydrogens is 245 g/mol. The summed E-state index contributed by atoms with van der Waals surface area (Å²) in [4.78, 5) is 11.0. The zero-order valence-corrected chi connectivity index (χ0v) is 8.56. The number of anilines is 1. The highest BCUT2D eigenvalue weighted by Crippen LogP contribution is 2.28. The first kappa shape index (κ1) is 12.5. The Labute approximate surface area is 93.9 Å². The van der Waals surface area contributed by atoms with Crippen LogP contribution < -0.4 is 5.43 Å². The van der Waals surface area contributed by atoms with Crippen molar-refractivity contribution >= 4 is 29.8 Å². The molecular formula is C9H6ClF3N2O. The number of Topliss-reactive ketones (excluding diaryl/α,β-unsaturated/α-hetero) is 1. The SMILES string of the molecule is C=NNc1ccc(Cl)cc1C(=O)C(F)(F)F. The summed E-state index contributed by atoms with van der Waals surface area (Å²) in [5, 5.41) is 3.23. The van der Waals surface area contributed by atoms with Crippen LogP contribution in [-0.4, -0.2) is 18.7 Å². The molecule has 1 N–H and O–H groups in total. The Bertz CT molecular complexity index is 431. The molecule has 0 heterocycles. The Morgan fingerprint density at radius 1 is 1.44 bits per heavy atom. The van der Waals surface area contributed by atoms with E-state index in [0.29, 0.717) is 0 Å². The molecule has 1 aromatic carbocycles. The fourth-order valence-corrected chi connectivity index (χ4v) is 1.21. The van der Waals surface area contributed by atoms with E-state index in [2.05, 4.69) is 17.2 Å². The number of nitrogens with one attached hydrogen (secondary N) is 1. The standard InChI is InChI=1S/C9H6ClF3N2O/c1-14-15-7-3-2-5(10)4-6(7)8(16)9(11,12)13/h2-4,15H,1H2. The van der Waals surface area contributed by atoms with Crippen LogP contribution >= 0.6 is 11.6 Å². The Morgan fingerprint density at radius 2 is 2.06 bits per heavy atom. The van der Waals surface area contributed by atoms with Gasteiger partial charge in [-0.1, -0.05) is 11.6 Å². The molecule has 3 nitrogen and oxygen atoms in total. The van der Waals surface area contributed by atoms with E-state index < -0.39 is 17.5 Å². The number of carbonyl (C=O) groups is 1. The molecule has 0 radical (unpaired) electrons. The fourth-order valence-electron chi connectivity index (χ4n) is 1.04. The third-order valence-electron chi connectivity index (χ3n) is 1.68. The highest BCUT2D eigenvalue weighted by atomic mass is 35.5. The van der Waals surface area contributed by atoms with Gasteiger partial charge in [-0.2, -0.15) is 18.3 Å². The lowest BCUT2D eigenvalue weighted by atomic mass is 10.1. The molecule has 7 heteroatoms. The van der Waals surface area contributed by atoms with E-state index >= 15 is 0 Å². The van der Waals surface area contributed by atoms with Crippen LogP contribution in [0.15, 0.2) is 23.3 Å². The van der Waals surface area contributed by atoms with Crippen molar-refractivity contribution in [3.8, 4) is 0 Å². The molecule has 0 saturated heterocycles. The lowest BCUT2D eigenvalue weighted by molar-refractivity contribution is -0.0884. The molecule has 86 valence electrons. The number of hydrazone groups is 1. The summed E-state index contributed by atoms with van der Waals surface area (Å²) in [6.07, 6.45) is -4.96. The van der Waals surface area contributed by atoms with Crippen molar-refractivity contribution in [2.75, 3.05) is 5.43 Å². The monoisotopic (exact) mass is 250 g/mol. The molecule has 0 bridgehead atoms. The normalized spacial score (nSPS) is 11.0. The van der Waals surface area contributed by atoms with E-state index in [4.69, 9.17) is 11.6 Å². The molecule has 1 aromatic rings. The van der Waals surface area contributed by atoms with Crippen LogP contribution in [0.25, 0.3) is 0 Å². The number of benzene rings is 1. The Morgan fingerprint density at radius 3 is 2.56 bits per heavy atom. The van der Waals surface area contributed by atoms with Crippen molar-refractivity contribution in [1.29, 1.82) is 0 Å². The second kappa shape index (κ2) is 4.52. The van der Waals surface area contributed by atoms with Gasteiger partial charge in [-0.25, -0.2) is 0 Å². The zero-order valence-electron chi connectivity index (χ0n) is 7.81. The summed E-state index contributed by atoms with van der Waals surface area (Å²) in [5.74, 6) is -1.99. The first-order valence-electron chi connectivity index (χ1n) is 3.99. The maximum absolute atomic E-state index is 12.2. The van der Waals surface area contributed by atoms with Gasteiger partial charge in [0.25, 0.3) is 5.78 Å². The van der Waals surface area contributed by atoms with Crippen LogP contribution in [0.1, 0.15) is 10.4 Å². The Balaban J connectivity index is 3.24. The topological polar surface area (TPSA) is 41.5 Å². The molecule has 0 aliphatic carbocycles. The van der Waals surface area contributed by atoms with Crippen LogP contribution in [0.3, 0.4) is 0 Å². The number of hydrogen-bond acceptors (Lipinski definition) is 3. The average molecular weight is 251 g/mol. The largest absolute Gasteiger partial charge is 0.454 e. The predicted octanol–water partition coefficient (Wildman–Crippen LogP) is 3.11. The van der Waals surface area contributed by atoms with Gasteiger partial charge in [0.05, 0.1) is 11.3 Å². The molecule has 0 amide bonds. The number of halogens is 4. The van der Waals surface area contributed by atoms with Crippen LogP contribution in [0.2, 0.25) is 5.02 Å². The fraction of sp³-hybridized carbons (Fsp3) is 0.111. The number of ketones is 1. The van der Waals surface area contributed by atoms with E-state index in [1.807, 2.05) is 0 Å². The van der Waals surface area contributed by atoms with Crippen molar-refractivity contribution in [1.82, 2.24) is 0 Å². The van der Waals surface area contributed by atoms with Gasteiger partial charge in [-0.15, -0.1) is 0 Å². The van der Waals surface area contributed by atoms with E-state index in [0.717, 1.165) is 6.07 Å². The molecule has 0 unspecified atom stereocenters. The molecule has 0 fully saturated rings. The van der Waals surface area contributed by atoms with Crippen LogP contribution in [0, 0.1) is 0 Å². The average Bonchev–Trinajstić information content (AvgIpc) is 2.18. The predicted molar refractivity (Wildman–Crippen MR) is 55.0 cm³/mol. The summed E-state index contributed by atoms with van der Waals surface area (Å²) >= 11 is 5.52. The Kier molecular flexibility index (Phi) is 3.54. The highest BCUT2D eigenvalue weighted by molar-refractivity contribution is 6.31. The molecule has 0 aromatic heterocycles. The summed E-state index contributed by atoms with van der Waals surface area (Å²) < 4.78 is 36.7. The van der Waals surface area contributed by atoms with Gasteiger partial charge in [-0.05, 0) is 18.2 Å². The summed E-state index contributed by atoms with van der Waals surface area (Å²) in [5.41, 5.74) is 1.50. The van der Waals surface area contributed by atoms with Crippen molar-refractivity contribution in [3.05, 3.63) is 28.8 Å². The number of carbonyl (C=O) groups excluding carboxylic acids is 1. The van der Waals surface area contributed by atoms with Crippen LogP contribution in [-0.2, 0) is 0 Å². The summed E-state index contributed by atoms with van der Waals surface area (Å²) in [7, 11) is 0. The van der Waals surface area contributed by atoms with Crippen LogP contribution in [0.5, 0.6) is 0 Å². The summed E-state index contributed by atoms with van der Waals surface area (Å²) in [6, 6.07) is 3.48. The van der Waals surface area contributed by atoms with Crippen molar-refractivity contribution in [3.63, 3.8) is 0 Å². The molecule has 0 aliphatic rings. The van der Waals surface area contributed by atoms with Crippen molar-refractivity contribution in [2.24, 2.45) is 5.10 Å². The van der Waals surface area contributed by atoms with E-state index in [-0.39, 0.29) is 10.7 Å². The smallest absolute Gasteiger partial charge is 0.284 e. The first-order valence-corrected chi connectivity index (χ1v) is 4.37. The second-order valence-corrected chi connectivity index (χ2v) is 3.22. The van der Waals surface area contributed by atoms with Gasteiger partial charge in [-0.3, -0.25) is 10.2 Å². The van der Waals surface area contributed by atoms with Crippen molar-refractivity contribution in [2.45, 2.75) is 6.18 Å². The van der Waals surface area contributed by atoms with Gasteiger partial charge in [0.15, 0.2) is 0 Å². The molecule has 0 saturated carbocycles. The van der Waals surface area contributed by atoms with Gasteiger partial charge in [0.2, 0.25) is 0 Å². The third-order valence-corrected chi connectivity index (χ3v) is 1.92. The number of rotatable bonds is 3. The molecule has 0 aliphatic heterocycles. The summed E-state index contributed by atoms with van der Waals surface area (Å²) in [6.45, 7) is 3.05. The van der Waals surface area contributed by atoms with Crippen molar-refractivity contribution < 1.29 is 18.0 Å². The zero-order chi connectivity index (χ0) is 12.3. The Hall–Kier alpha value is -1.56. The quantitative estimate of drug-likeness (QED) is 0.509. The van der Waals surface area contributed by atoms with E-state index in [1.54, 1.807) is 0 Å². The second-order valence-electron chi connectivity index (χ2n) is 2.79. The maximum atomic E-state index is 12.2. The first-order chi connectivity index (χ1) is 7.36. The number of nitrogens with zero attached hydrogens (tertiary/aromatic N) is 1. The highest BCUT2D eigenvalue weighted by Gasteiger charge is 2.40. The van der Waals surface area contributed by atoms with E-state index in [9.17, 15) is 18.0 Å².